The number of nitrogens with one attached hydrogen (secondary N) is 1. The lowest BCUT2D eigenvalue weighted by Gasteiger charge is -2.31. The van der Waals surface area contributed by atoms with E-state index in [1.54, 1.807) is 19.9 Å². The average molecular weight is 532 g/mol. The summed E-state index contributed by atoms with van der Waals surface area (Å²) in [5.74, 6) is -0.717. The van der Waals surface area contributed by atoms with Crippen LogP contribution in [0, 0.1) is 13.8 Å². The summed E-state index contributed by atoms with van der Waals surface area (Å²) in [6.45, 7) is 1.47. The second-order valence-corrected chi connectivity index (χ2v) is 10.0. The number of ether oxygens (including phenoxy) is 1. The average Bonchev–Trinajstić information content (AvgIpc) is 3.27. The molecule has 0 spiro atoms. The van der Waals surface area contributed by atoms with Crippen molar-refractivity contribution in [3.8, 4) is 5.75 Å². The summed E-state index contributed by atoms with van der Waals surface area (Å²) in [6.07, 6.45) is 1.84. The molecule has 3 rings (SSSR count). The molecule has 9 nitrogen and oxygen atoms in total. The third-order valence-electron chi connectivity index (χ3n) is 4.86. The highest BCUT2D eigenvalue weighted by Gasteiger charge is 2.35. The molecule has 0 radical (unpaired) electrons. The van der Waals surface area contributed by atoms with Crippen LogP contribution < -0.4 is 14.4 Å². The number of amides is 2. The summed E-state index contributed by atoms with van der Waals surface area (Å²) >= 11 is 10.0. The van der Waals surface area contributed by atoms with Crippen LogP contribution in [0.1, 0.15) is 24.2 Å². The Morgan fingerprint density at radius 1 is 1.21 bits per heavy atom. The highest BCUT2D eigenvalue weighted by Crippen LogP contribution is 2.26. The topological polar surface area (TPSA) is 105 Å². The zero-order chi connectivity index (χ0) is 25.0. The monoisotopic (exact) mass is 531 g/mol. The standard InChI is InChI=1S/C20H23F2N5O4S3/c1-12-11-13(2)24-19(23-12)27(17(33)16(32)26-9-5-6-10-26)20(28)25-34(29,30)15-8-4-3-7-14(15)31-18(21)22/h3-4,7-8,11,17-18,33H,5-6,9-10H2,1-2H3,(H,25,28). The van der Waals surface area contributed by atoms with Gasteiger partial charge in [0.25, 0.3) is 10.0 Å². The molecule has 0 saturated carbocycles. The van der Waals surface area contributed by atoms with Gasteiger partial charge >= 0.3 is 12.6 Å². The third-order valence-corrected chi connectivity index (χ3v) is 7.36. The van der Waals surface area contributed by atoms with Crippen molar-refractivity contribution in [1.29, 1.82) is 0 Å². The van der Waals surface area contributed by atoms with E-state index in [-0.39, 0.29) is 5.95 Å². The number of thiocarbonyl (C=S) groups is 1. The Hall–Kier alpha value is -2.58. The van der Waals surface area contributed by atoms with Gasteiger partial charge in [0.2, 0.25) is 5.95 Å². The molecule has 2 heterocycles. The predicted molar refractivity (Wildman–Crippen MR) is 129 cm³/mol. The Balaban J connectivity index is 1.98. The molecule has 2 amide bonds. The maximum absolute atomic E-state index is 13.3. The minimum Gasteiger partial charge on any atom is -0.433 e. The lowest BCUT2D eigenvalue weighted by atomic mass is 10.3. The predicted octanol–water partition coefficient (Wildman–Crippen LogP) is 3.28. The van der Waals surface area contributed by atoms with Crippen molar-refractivity contribution < 1.29 is 26.7 Å². The number of likely N-dealkylation sites (tertiary alicyclic amines) is 1. The lowest BCUT2D eigenvalue weighted by molar-refractivity contribution is -0.0517. The van der Waals surface area contributed by atoms with Crippen LogP contribution in [0.4, 0.5) is 19.5 Å². The quantitative estimate of drug-likeness (QED) is 0.319. The Kier molecular flexibility index (Phi) is 8.25. The molecule has 14 heteroatoms. The van der Waals surface area contributed by atoms with Crippen LogP contribution >= 0.6 is 24.8 Å². The van der Waals surface area contributed by atoms with Crippen LogP contribution in [0.5, 0.6) is 5.75 Å². The van der Waals surface area contributed by atoms with Crippen LogP contribution in [-0.4, -0.2) is 59.4 Å². The van der Waals surface area contributed by atoms with E-state index in [0.717, 1.165) is 29.9 Å². The number of rotatable bonds is 7. The molecular formula is C20H23F2N5O4S3. The van der Waals surface area contributed by atoms with Gasteiger partial charge in [-0.2, -0.15) is 8.78 Å². The van der Waals surface area contributed by atoms with Crippen molar-refractivity contribution in [2.75, 3.05) is 18.0 Å². The summed E-state index contributed by atoms with van der Waals surface area (Å²) in [7, 11) is -4.63. The summed E-state index contributed by atoms with van der Waals surface area (Å²) in [5.41, 5.74) is 1.07. The van der Waals surface area contributed by atoms with Gasteiger partial charge < -0.3 is 9.64 Å². The van der Waals surface area contributed by atoms with E-state index in [1.807, 2.05) is 9.62 Å². The summed E-state index contributed by atoms with van der Waals surface area (Å²) in [6, 6.07) is 5.26. The number of nitrogens with zero attached hydrogens (tertiary/aromatic N) is 4. The smallest absolute Gasteiger partial charge is 0.387 e. The van der Waals surface area contributed by atoms with E-state index in [2.05, 4.69) is 27.3 Å². The van der Waals surface area contributed by atoms with Gasteiger partial charge in [0.05, 0.1) is 0 Å². The molecule has 1 aliphatic heterocycles. The van der Waals surface area contributed by atoms with Gasteiger partial charge in [-0.15, -0.1) is 12.6 Å². The SMILES string of the molecule is Cc1cc(C)nc(N(C(=O)NS(=O)(=O)c2ccccc2OC(F)F)C(S)C(=S)N2CCCC2)n1. The summed E-state index contributed by atoms with van der Waals surface area (Å²) in [5, 5.41) is -1.07. The molecule has 184 valence electrons. The number of alkyl halides is 2. The Bertz CT molecular complexity index is 1160. The number of halogens is 2. The lowest BCUT2D eigenvalue weighted by Crippen LogP contribution is -2.52. The van der Waals surface area contributed by atoms with E-state index >= 15 is 0 Å². The Morgan fingerprint density at radius 3 is 2.38 bits per heavy atom. The number of aryl methyl sites for hydroxylation is 2. The number of sulfonamides is 1. The number of anilines is 1. The fourth-order valence-corrected chi connectivity index (χ4v) is 5.16. The van der Waals surface area contributed by atoms with Gasteiger partial charge in [-0.25, -0.2) is 32.8 Å². The first-order valence-corrected chi connectivity index (χ1v) is 12.6. The van der Waals surface area contributed by atoms with Crippen LogP contribution in [-0.2, 0) is 10.0 Å². The molecule has 34 heavy (non-hydrogen) atoms. The van der Waals surface area contributed by atoms with Gasteiger partial charge in [-0.3, -0.25) is 0 Å². The van der Waals surface area contributed by atoms with Crippen LogP contribution in [0.3, 0.4) is 0 Å². The van der Waals surface area contributed by atoms with E-state index in [9.17, 15) is 22.0 Å². The number of carbonyl (C=O) groups excluding carboxylic acids is 1. The molecule has 1 aromatic heterocycles. The molecule has 1 unspecified atom stereocenters. The first-order valence-electron chi connectivity index (χ1n) is 10.2. The van der Waals surface area contributed by atoms with Crippen LogP contribution in [0.2, 0.25) is 0 Å². The molecule has 1 fully saturated rings. The van der Waals surface area contributed by atoms with Gasteiger partial charge in [-0.05, 0) is 44.9 Å². The highest BCUT2D eigenvalue weighted by molar-refractivity contribution is 7.90. The van der Waals surface area contributed by atoms with Crippen LogP contribution in [0.15, 0.2) is 35.2 Å². The second kappa shape index (κ2) is 10.8. The molecule has 1 saturated heterocycles. The van der Waals surface area contributed by atoms with E-state index in [0.29, 0.717) is 29.5 Å². The zero-order valence-corrected chi connectivity index (χ0v) is 20.8. The number of hydrogen-bond donors (Lipinski definition) is 2. The fraction of sp³-hybridized carbons (Fsp3) is 0.400. The molecule has 1 aliphatic rings. The number of thiol groups is 1. The molecule has 1 N–H and O–H groups in total. The minimum atomic E-state index is -4.63. The largest absolute Gasteiger partial charge is 0.433 e. The van der Waals surface area contributed by atoms with Gasteiger partial charge in [0, 0.05) is 24.5 Å². The molecular weight excluding hydrogens is 508 g/mol. The fourth-order valence-electron chi connectivity index (χ4n) is 3.42. The number of hydrogen-bond acceptors (Lipinski definition) is 8. The number of urea groups is 1. The van der Waals surface area contributed by atoms with E-state index < -0.39 is 38.7 Å². The second-order valence-electron chi connectivity index (χ2n) is 7.46. The first kappa shape index (κ1) is 26.0. The Morgan fingerprint density at radius 2 is 1.79 bits per heavy atom. The first-order chi connectivity index (χ1) is 16.0. The van der Waals surface area contributed by atoms with Crippen molar-refractivity contribution in [3.05, 3.63) is 41.7 Å². The maximum atomic E-state index is 13.3. The van der Waals surface area contributed by atoms with Crippen molar-refractivity contribution in [2.24, 2.45) is 0 Å². The van der Waals surface area contributed by atoms with E-state index in [4.69, 9.17) is 12.2 Å². The number of carbonyl (C=O) groups is 1. The van der Waals surface area contributed by atoms with Gasteiger partial charge in [0.1, 0.15) is 21.0 Å². The number of para-hydroxylation sites is 1. The minimum absolute atomic E-state index is 0.108. The normalized spacial score (nSPS) is 14.7. The van der Waals surface area contributed by atoms with Crippen molar-refractivity contribution in [1.82, 2.24) is 19.6 Å². The van der Waals surface area contributed by atoms with Crippen molar-refractivity contribution in [2.45, 2.75) is 43.6 Å². The van der Waals surface area contributed by atoms with Crippen molar-refractivity contribution in [3.63, 3.8) is 0 Å². The molecule has 1 atom stereocenters. The number of benzene rings is 1. The summed E-state index contributed by atoms with van der Waals surface area (Å²) in [4.78, 5) is 24.3. The third kappa shape index (κ3) is 6.10. The molecule has 2 aromatic rings. The summed E-state index contributed by atoms with van der Waals surface area (Å²) < 4.78 is 57.6. The van der Waals surface area contributed by atoms with Crippen LogP contribution in [0.25, 0.3) is 0 Å². The van der Waals surface area contributed by atoms with Gasteiger partial charge in [-0.1, -0.05) is 24.4 Å². The molecule has 1 aromatic carbocycles. The zero-order valence-electron chi connectivity index (χ0n) is 18.3. The highest BCUT2D eigenvalue weighted by atomic mass is 32.2. The van der Waals surface area contributed by atoms with E-state index in [1.165, 1.54) is 12.1 Å². The molecule has 0 aliphatic carbocycles. The Labute approximate surface area is 207 Å². The number of aromatic nitrogens is 2. The van der Waals surface area contributed by atoms with Crippen molar-refractivity contribution >= 4 is 51.8 Å². The maximum Gasteiger partial charge on any atom is 0.387 e. The van der Waals surface area contributed by atoms with Gasteiger partial charge in [0.15, 0.2) is 0 Å². The molecule has 0 bridgehead atoms.